The molecule has 0 radical (unpaired) electrons. The molecule has 0 spiro atoms. The Morgan fingerprint density at radius 2 is 0.603 bits per heavy atom. The van der Waals surface area contributed by atoms with Gasteiger partial charge in [0.25, 0.3) is 0 Å². The molecule has 0 atom stereocenters. The third kappa shape index (κ3) is 6.96. The standard InChI is InChI=1S/C62H43N/c1-7-22-44(23-8-1)45-38-40-51(41-39-45)63(50-32-17-6-18-33-50)57-43-42-53(52-34-19-20-35-54(52)57)55-36-21-37-56-58(46-24-9-2-10-25-46)59(47-26-11-3-12-27-47)60(48-28-13-4-14-29-48)61(62(55)56)49-30-15-5-16-31-49/h1-43H. The van der Waals surface area contributed by atoms with Gasteiger partial charge in [-0.25, -0.2) is 0 Å². The molecular formula is C62H43N. The van der Waals surface area contributed by atoms with Crippen molar-refractivity contribution in [1.29, 1.82) is 0 Å². The molecule has 11 aromatic carbocycles. The van der Waals surface area contributed by atoms with E-state index in [2.05, 4.69) is 266 Å². The predicted molar refractivity (Wildman–Crippen MR) is 269 cm³/mol. The van der Waals surface area contributed by atoms with Gasteiger partial charge in [-0.1, -0.05) is 231 Å². The fourth-order valence-corrected chi connectivity index (χ4v) is 9.50. The number of hydrogen-bond acceptors (Lipinski definition) is 1. The van der Waals surface area contributed by atoms with E-state index in [0.29, 0.717) is 0 Å². The van der Waals surface area contributed by atoms with E-state index < -0.39 is 0 Å². The van der Waals surface area contributed by atoms with Gasteiger partial charge in [0.2, 0.25) is 0 Å². The highest BCUT2D eigenvalue weighted by Gasteiger charge is 2.26. The maximum Gasteiger partial charge on any atom is 0.0540 e. The monoisotopic (exact) mass is 801 g/mol. The number of nitrogens with zero attached hydrogens (tertiary/aromatic N) is 1. The van der Waals surface area contributed by atoms with E-state index in [1.165, 1.54) is 88.3 Å². The van der Waals surface area contributed by atoms with Gasteiger partial charge in [0.1, 0.15) is 0 Å². The first-order chi connectivity index (χ1) is 31.3. The van der Waals surface area contributed by atoms with Crippen LogP contribution in [0.25, 0.3) is 88.3 Å². The summed E-state index contributed by atoms with van der Waals surface area (Å²) in [6.45, 7) is 0. The van der Waals surface area contributed by atoms with Crippen LogP contribution in [-0.4, -0.2) is 0 Å². The molecule has 0 unspecified atom stereocenters. The maximum atomic E-state index is 2.40. The molecule has 0 saturated heterocycles. The van der Waals surface area contributed by atoms with Crippen molar-refractivity contribution in [2.24, 2.45) is 0 Å². The van der Waals surface area contributed by atoms with Crippen molar-refractivity contribution in [2.45, 2.75) is 0 Å². The number of rotatable bonds is 9. The van der Waals surface area contributed by atoms with Crippen LogP contribution < -0.4 is 4.90 Å². The topological polar surface area (TPSA) is 3.24 Å². The van der Waals surface area contributed by atoms with Gasteiger partial charge in [0, 0.05) is 16.8 Å². The lowest BCUT2D eigenvalue weighted by Gasteiger charge is -2.28. The Bertz CT molecular complexity index is 3330. The van der Waals surface area contributed by atoms with Gasteiger partial charge in [-0.15, -0.1) is 0 Å². The number of hydrogen-bond donors (Lipinski definition) is 0. The number of para-hydroxylation sites is 1. The molecule has 0 aliphatic carbocycles. The van der Waals surface area contributed by atoms with Crippen LogP contribution in [0.2, 0.25) is 0 Å². The molecule has 0 heterocycles. The molecule has 0 aromatic heterocycles. The van der Waals surface area contributed by atoms with Crippen LogP contribution in [0.15, 0.2) is 261 Å². The molecule has 63 heavy (non-hydrogen) atoms. The fourth-order valence-electron chi connectivity index (χ4n) is 9.50. The smallest absolute Gasteiger partial charge is 0.0540 e. The van der Waals surface area contributed by atoms with Crippen molar-refractivity contribution in [3.05, 3.63) is 261 Å². The second kappa shape index (κ2) is 16.7. The highest BCUT2D eigenvalue weighted by Crippen LogP contribution is 2.54. The second-order valence-corrected chi connectivity index (χ2v) is 16.0. The van der Waals surface area contributed by atoms with Crippen molar-refractivity contribution < 1.29 is 0 Å². The van der Waals surface area contributed by atoms with Crippen LogP contribution >= 0.6 is 0 Å². The van der Waals surface area contributed by atoms with Gasteiger partial charge in [0.15, 0.2) is 0 Å². The Balaban J connectivity index is 1.22. The van der Waals surface area contributed by atoms with Gasteiger partial charge in [-0.3, -0.25) is 0 Å². The molecule has 0 bridgehead atoms. The van der Waals surface area contributed by atoms with Crippen LogP contribution in [0.1, 0.15) is 0 Å². The minimum atomic E-state index is 1.10. The highest BCUT2D eigenvalue weighted by atomic mass is 15.1. The molecule has 0 fully saturated rings. The van der Waals surface area contributed by atoms with Gasteiger partial charge in [-0.05, 0) is 113 Å². The van der Waals surface area contributed by atoms with E-state index in [1.807, 2.05) is 0 Å². The number of benzene rings is 11. The summed E-state index contributed by atoms with van der Waals surface area (Å²) in [5.74, 6) is 0. The summed E-state index contributed by atoms with van der Waals surface area (Å²) in [6, 6.07) is 94.7. The average Bonchev–Trinajstić information content (AvgIpc) is 3.37. The Labute approximate surface area is 369 Å². The molecule has 11 rings (SSSR count). The van der Waals surface area contributed by atoms with Crippen LogP contribution in [-0.2, 0) is 0 Å². The zero-order chi connectivity index (χ0) is 42.0. The van der Waals surface area contributed by atoms with E-state index in [4.69, 9.17) is 0 Å². The summed E-state index contributed by atoms with van der Waals surface area (Å²) < 4.78 is 0. The lowest BCUT2D eigenvalue weighted by Crippen LogP contribution is -2.10. The SMILES string of the molecule is c1ccc(-c2ccc(N(c3ccccc3)c3ccc(-c4cccc5c(-c6ccccc6)c(-c6ccccc6)c(-c6ccccc6)c(-c6ccccc6)c45)c4ccccc34)cc2)cc1. The molecular weight excluding hydrogens is 759 g/mol. The predicted octanol–water partition coefficient (Wildman–Crippen LogP) is 17.5. The Morgan fingerprint density at radius 1 is 0.206 bits per heavy atom. The van der Waals surface area contributed by atoms with Crippen molar-refractivity contribution in [3.63, 3.8) is 0 Å². The minimum Gasteiger partial charge on any atom is -0.310 e. The third-order valence-electron chi connectivity index (χ3n) is 12.3. The summed E-state index contributed by atoms with van der Waals surface area (Å²) >= 11 is 0. The fraction of sp³-hybridized carbons (Fsp3) is 0. The Morgan fingerprint density at radius 3 is 1.16 bits per heavy atom. The van der Waals surface area contributed by atoms with Gasteiger partial charge in [-0.2, -0.15) is 0 Å². The maximum absolute atomic E-state index is 2.40. The summed E-state index contributed by atoms with van der Waals surface area (Å²) in [5.41, 5.74) is 17.8. The molecule has 1 heteroatoms. The van der Waals surface area contributed by atoms with Gasteiger partial charge >= 0.3 is 0 Å². The molecule has 1 nitrogen and oxygen atoms in total. The molecule has 0 amide bonds. The largest absolute Gasteiger partial charge is 0.310 e. The van der Waals surface area contributed by atoms with Gasteiger partial charge in [0.05, 0.1) is 5.69 Å². The summed E-state index contributed by atoms with van der Waals surface area (Å²) in [7, 11) is 0. The first-order valence-electron chi connectivity index (χ1n) is 21.7. The second-order valence-electron chi connectivity index (χ2n) is 16.0. The quantitative estimate of drug-likeness (QED) is 0.141. The number of fused-ring (bicyclic) bond motifs is 2. The Kier molecular flexibility index (Phi) is 9.97. The zero-order valence-corrected chi connectivity index (χ0v) is 34.8. The van der Waals surface area contributed by atoms with Crippen LogP contribution in [0.3, 0.4) is 0 Å². The highest BCUT2D eigenvalue weighted by molar-refractivity contribution is 6.23. The third-order valence-corrected chi connectivity index (χ3v) is 12.3. The first kappa shape index (κ1) is 37.7. The van der Waals surface area contributed by atoms with E-state index >= 15 is 0 Å². The lowest BCUT2D eigenvalue weighted by atomic mass is 9.77. The molecule has 0 N–H and O–H groups in total. The van der Waals surface area contributed by atoms with E-state index in [-0.39, 0.29) is 0 Å². The summed E-state index contributed by atoms with van der Waals surface area (Å²) in [6.07, 6.45) is 0. The van der Waals surface area contributed by atoms with E-state index in [1.54, 1.807) is 0 Å². The van der Waals surface area contributed by atoms with Crippen molar-refractivity contribution in [1.82, 2.24) is 0 Å². The van der Waals surface area contributed by atoms with Crippen LogP contribution in [0.4, 0.5) is 17.1 Å². The minimum absolute atomic E-state index is 1.10. The van der Waals surface area contributed by atoms with Gasteiger partial charge < -0.3 is 4.90 Å². The van der Waals surface area contributed by atoms with E-state index in [9.17, 15) is 0 Å². The zero-order valence-electron chi connectivity index (χ0n) is 34.8. The van der Waals surface area contributed by atoms with Crippen molar-refractivity contribution in [2.75, 3.05) is 4.90 Å². The lowest BCUT2D eigenvalue weighted by molar-refractivity contribution is 1.30. The average molecular weight is 802 g/mol. The summed E-state index contributed by atoms with van der Waals surface area (Å²) in [4.78, 5) is 2.40. The van der Waals surface area contributed by atoms with Crippen molar-refractivity contribution >= 4 is 38.6 Å². The first-order valence-corrected chi connectivity index (χ1v) is 21.7. The summed E-state index contributed by atoms with van der Waals surface area (Å²) in [5, 5.41) is 4.82. The van der Waals surface area contributed by atoms with E-state index in [0.717, 1.165) is 17.1 Å². The molecule has 0 aliphatic heterocycles. The van der Waals surface area contributed by atoms with Crippen LogP contribution in [0.5, 0.6) is 0 Å². The van der Waals surface area contributed by atoms with Crippen LogP contribution in [0, 0.1) is 0 Å². The molecule has 0 saturated carbocycles. The normalized spacial score (nSPS) is 11.2. The number of anilines is 3. The van der Waals surface area contributed by atoms with Crippen molar-refractivity contribution in [3.8, 4) is 66.8 Å². The molecule has 296 valence electrons. The Hall–Kier alpha value is -8.26. The molecule has 0 aliphatic rings. The molecule has 11 aromatic rings.